The molecular weight excluding hydrogens is 698 g/mol. The zero-order chi connectivity index (χ0) is 37.5. The Labute approximate surface area is 303 Å². The number of hydrazone groups is 1. The molecule has 0 unspecified atom stereocenters. The first-order valence-corrected chi connectivity index (χ1v) is 17.3. The van der Waals surface area contributed by atoms with Gasteiger partial charge in [0, 0.05) is 31.7 Å². The molecule has 2 heterocycles. The number of halogens is 3. The summed E-state index contributed by atoms with van der Waals surface area (Å²) in [5, 5.41) is 9.28. The fourth-order valence-electron chi connectivity index (χ4n) is 5.06. The summed E-state index contributed by atoms with van der Waals surface area (Å²) in [6.45, 7) is 11.0. The van der Waals surface area contributed by atoms with E-state index in [4.69, 9.17) is 9.73 Å². The third kappa shape index (κ3) is 10.8. The minimum Gasteiger partial charge on any atom is -0.444 e. The lowest BCUT2D eigenvalue weighted by atomic mass is 10.1. The van der Waals surface area contributed by atoms with Crippen molar-refractivity contribution in [2.75, 3.05) is 31.9 Å². The molecule has 3 aromatic carbocycles. The van der Waals surface area contributed by atoms with Gasteiger partial charge in [-0.05, 0) is 75.6 Å². The maximum atomic E-state index is 13.2. The molecular formula is C36H39F3N8O4S. The molecule has 0 radical (unpaired) electrons. The van der Waals surface area contributed by atoms with E-state index in [1.807, 2.05) is 77.1 Å². The number of amides is 2. The number of benzene rings is 3. The fourth-order valence-corrected chi connectivity index (χ4v) is 5.78. The van der Waals surface area contributed by atoms with E-state index in [2.05, 4.69) is 25.3 Å². The molecule has 5 rings (SSSR count). The van der Waals surface area contributed by atoms with Crippen LogP contribution in [0.4, 0.5) is 23.7 Å². The van der Waals surface area contributed by atoms with E-state index in [0.29, 0.717) is 42.9 Å². The van der Waals surface area contributed by atoms with Crippen molar-refractivity contribution in [3.63, 3.8) is 0 Å². The molecule has 1 fully saturated rings. The van der Waals surface area contributed by atoms with Gasteiger partial charge in [0.25, 0.3) is 0 Å². The van der Waals surface area contributed by atoms with Crippen LogP contribution in [0.5, 0.6) is 5.75 Å². The first kappa shape index (κ1) is 37.9. The number of rotatable bonds is 8. The molecule has 1 aliphatic rings. The number of hydrogen-bond donors (Lipinski definition) is 1. The average molecular weight is 737 g/mol. The van der Waals surface area contributed by atoms with Gasteiger partial charge in [0.05, 0.1) is 23.3 Å². The van der Waals surface area contributed by atoms with Gasteiger partial charge < -0.3 is 19.3 Å². The van der Waals surface area contributed by atoms with Gasteiger partial charge in [-0.2, -0.15) is 5.10 Å². The first-order valence-electron chi connectivity index (χ1n) is 16.3. The second kappa shape index (κ2) is 16.3. The fraction of sp³-hybridized carbons (Fsp3) is 0.333. The monoisotopic (exact) mass is 736 g/mol. The normalized spacial score (nSPS) is 14.1. The van der Waals surface area contributed by atoms with E-state index < -0.39 is 12.0 Å². The molecule has 0 spiro atoms. The second-order valence-corrected chi connectivity index (χ2v) is 13.8. The van der Waals surface area contributed by atoms with Crippen molar-refractivity contribution in [2.45, 2.75) is 46.6 Å². The van der Waals surface area contributed by atoms with Gasteiger partial charge in [0.15, 0.2) is 11.0 Å². The Balaban J connectivity index is 1.20. The van der Waals surface area contributed by atoms with E-state index in [9.17, 15) is 22.8 Å². The molecule has 52 heavy (non-hydrogen) atoms. The number of aryl methyl sites for hydroxylation is 2. The van der Waals surface area contributed by atoms with Crippen LogP contribution in [0.1, 0.15) is 37.5 Å². The lowest BCUT2D eigenvalue weighted by Gasteiger charge is -2.35. The summed E-state index contributed by atoms with van der Waals surface area (Å²) in [5.41, 5.74) is 7.16. The van der Waals surface area contributed by atoms with E-state index in [-0.39, 0.29) is 23.5 Å². The number of amidine groups is 1. The maximum Gasteiger partial charge on any atom is 0.573 e. The van der Waals surface area contributed by atoms with Crippen LogP contribution in [0, 0.1) is 13.8 Å². The summed E-state index contributed by atoms with van der Waals surface area (Å²) in [5.74, 6) is 0.144. The predicted molar refractivity (Wildman–Crippen MR) is 194 cm³/mol. The average Bonchev–Trinajstić information content (AvgIpc) is 3.58. The molecule has 0 atom stereocenters. The Morgan fingerprint density at radius 1 is 0.923 bits per heavy atom. The predicted octanol–water partition coefficient (Wildman–Crippen LogP) is 6.87. The van der Waals surface area contributed by atoms with Gasteiger partial charge >= 0.3 is 12.5 Å². The number of para-hydroxylation sites is 1. The summed E-state index contributed by atoms with van der Waals surface area (Å²) in [6.07, 6.45) is -2.06. The van der Waals surface area contributed by atoms with Gasteiger partial charge in [0.2, 0.25) is 5.91 Å². The Kier molecular flexibility index (Phi) is 11.9. The minimum absolute atomic E-state index is 0.0760. The smallest absolute Gasteiger partial charge is 0.444 e. The van der Waals surface area contributed by atoms with Crippen LogP contribution in [0.25, 0.3) is 17.1 Å². The molecule has 0 aliphatic carbocycles. The second-order valence-electron chi connectivity index (χ2n) is 12.8. The van der Waals surface area contributed by atoms with E-state index in [0.717, 1.165) is 27.9 Å². The van der Waals surface area contributed by atoms with Crippen molar-refractivity contribution in [3.8, 4) is 22.8 Å². The van der Waals surface area contributed by atoms with Gasteiger partial charge in [0.1, 0.15) is 17.7 Å². The van der Waals surface area contributed by atoms with Crippen LogP contribution in [0.3, 0.4) is 0 Å². The molecule has 1 N–H and O–H groups in total. The molecule has 4 aromatic rings. The van der Waals surface area contributed by atoms with Crippen molar-refractivity contribution in [1.29, 1.82) is 0 Å². The number of hydrogen-bond acceptors (Lipinski definition) is 9. The number of carbonyl (C=O) groups is 2. The largest absolute Gasteiger partial charge is 0.573 e. The summed E-state index contributed by atoms with van der Waals surface area (Å²) < 4.78 is 48.3. The van der Waals surface area contributed by atoms with Crippen LogP contribution >= 0.6 is 11.8 Å². The van der Waals surface area contributed by atoms with Crippen molar-refractivity contribution in [3.05, 3.63) is 89.7 Å². The number of alkyl halides is 3. The molecule has 1 saturated heterocycles. The number of aliphatic imine (C=N–C) groups is 1. The molecule has 16 heteroatoms. The SMILES string of the molecule is Cc1cccc(C)c1/N=C(/N/N=C/c1ccc(-c2ncn(-c3ccc(OC(F)(F)F)cc3)n2)cc1)SCC(=O)N1CCN(C(=O)OC(C)(C)C)CC1. The Hall–Kier alpha value is -5.38. The van der Waals surface area contributed by atoms with Gasteiger partial charge in [-0.15, -0.1) is 18.3 Å². The summed E-state index contributed by atoms with van der Waals surface area (Å²) in [7, 11) is 0. The molecule has 0 bridgehead atoms. The molecule has 1 aromatic heterocycles. The van der Waals surface area contributed by atoms with Crippen LogP contribution in [0.15, 0.2) is 83.2 Å². The lowest BCUT2D eigenvalue weighted by molar-refractivity contribution is -0.274. The summed E-state index contributed by atoms with van der Waals surface area (Å²) in [6, 6.07) is 18.5. The number of nitrogens with zero attached hydrogens (tertiary/aromatic N) is 7. The molecule has 0 saturated carbocycles. The minimum atomic E-state index is -4.77. The highest BCUT2D eigenvalue weighted by Gasteiger charge is 2.31. The van der Waals surface area contributed by atoms with Crippen LogP contribution in [-0.4, -0.2) is 91.8 Å². The van der Waals surface area contributed by atoms with Crippen molar-refractivity contribution in [2.24, 2.45) is 10.1 Å². The highest BCUT2D eigenvalue weighted by atomic mass is 32.2. The molecule has 2 amide bonds. The summed E-state index contributed by atoms with van der Waals surface area (Å²) in [4.78, 5) is 38.1. The van der Waals surface area contributed by atoms with Crippen molar-refractivity contribution in [1.82, 2.24) is 30.0 Å². The molecule has 12 nitrogen and oxygen atoms in total. The number of nitrogens with one attached hydrogen (secondary N) is 1. The number of ether oxygens (including phenoxy) is 2. The Morgan fingerprint density at radius 2 is 1.56 bits per heavy atom. The van der Waals surface area contributed by atoms with E-state index in [1.165, 1.54) is 47.0 Å². The lowest BCUT2D eigenvalue weighted by Crippen LogP contribution is -2.52. The van der Waals surface area contributed by atoms with Crippen molar-refractivity contribution < 1.29 is 32.2 Å². The Morgan fingerprint density at radius 3 is 2.17 bits per heavy atom. The van der Waals surface area contributed by atoms with Gasteiger partial charge in [-0.25, -0.2) is 19.5 Å². The number of carbonyl (C=O) groups excluding carboxylic acids is 2. The summed E-state index contributed by atoms with van der Waals surface area (Å²) >= 11 is 1.24. The number of aromatic nitrogens is 3. The molecule has 1 aliphatic heterocycles. The number of thioether (sulfide) groups is 1. The van der Waals surface area contributed by atoms with Crippen molar-refractivity contribution >= 4 is 40.8 Å². The zero-order valence-corrected chi connectivity index (χ0v) is 30.2. The first-order chi connectivity index (χ1) is 24.6. The quantitative estimate of drug-likeness (QED) is 0.118. The van der Waals surface area contributed by atoms with Crippen LogP contribution < -0.4 is 10.2 Å². The zero-order valence-electron chi connectivity index (χ0n) is 29.3. The topological polar surface area (TPSA) is 127 Å². The molecule has 274 valence electrons. The number of piperazine rings is 1. The van der Waals surface area contributed by atoms with Crippen LogP contribution in [-0.2, 0) is 9.53 Å². The maximum absolute atomic E-state index is 13.2. The highest BCUT2D eigenvalue weighted by molar-refractivity contribution is 8.14. The highest BCUT2D eigenvalue weighted by Crippen LogP contribution is 2.26. The third-order valence-electron chi connectivity index (χ3n) is 7.64. The van der Waals surface area contributed by atoms with E-state index >= 15 is 0 Å². The standard InChI is InChI=1S/C36H39F3N8O4S/c1-24-7-6-8-25(2)31(24)42-33(52-22-30(48)45-17-19-46(20-18-45)34(49)51-35(3,4)5)43-41-21-26-9-11-27(12-10-26)32-40-23-47(44-32)28-13-15-29(16-14-28)50-36(37,38)39/h6-16,21,23H,17-20,22H2,1-5H3,(H,42,43)/b41-21+. The third-order valence-corrected chi connectivity index (χ3v) is 8.49. The van der Waals surface area contributed by atoms with Gasteiger partial charge in [-0.1, -0.05) is 54.2 Å². The van der Waals surface area contributed by atoms with E-state index in [1.54, 1.807) is 16.0 Å². The van der Waals surface area contributed by atoms with Crippen LogP contribution in [0.2, 0.25) is 0 Å². The Bertz CT molecular complexity index is 1900. The van der Waals surface area contributed by atoms with Gasteiger partial charge in [-0.3, -0.25) is 10.2 Å².